The van der Waals surface area contributed by atoms with Gasteiger partial charge in [0.25, 0.3) is 0 Å². The van der Waals surface area contributed by atoms with Crippen LogP contribution in [0.3, 0.4) is 0 Å². The average Bonchev–Trinajstić information content (AvgIpc) is 2.00. The summed E-state index contributed by atoms with van der Waals surface area (Å²) in [5.41, 5.74) is -1.01. The van der Waals surface area contributed by atoms with Gasteiger partial charge in [0.05, 0.1) is 30.8 Å². The van der Waals surface area contributed by atoms with Crippen LogP contribution in [0.5, 0.6) is 0 Å². The monoisotopic (exact) mass is 218 g/mol. The lowest BCUT2D eigenvalue weighted by molar-refractivity contribution is -0.151. The summed E-state index contributed by atoms with van der Waals surface area (Å²) in [4.78, 5) is 10.7. The zero-order valence-electron chi connectivity index (χ0n) is 10.3. The van der Waals surface area contributed by atoms with Crippen molar-refractivity contribution < 1.29 is 19.4 Å². The molecule has 0 aromatic carbocycles. The molecule has 1 N–H and O–H groups in total. The van der Waals surface area contributed by atoms with Gasteiger partial charge in [-0.3, -0.25) is 4.79 Å². The number of carbonyl (C=O) groups is 1. The van der Waals surface area contributed by atoms with Gasteiger partial charge in [-0.25, -0.2) is 0 Å². The molecule has 0 saturated carbocycles. The van der Waals surface area contributed by atoms with Gasteiger partial charge < -0.3 is 14.6 Å². The van der Waals surface area contributed by atoms with Crippen molar-refractivity contribution in [2.45, 2.75) is 40.2 Å². The van der Waals surface area contributed by atoms with Gasteiger partial charge in [0.1, 0.15) is 0 Å². The fourth-order valence-corrected chi connectivity index (χ4v) is 0.796. The number of carboxylic acid groups (broad SMARTS) is 1. The van der Waals surface area contributed by atoms with E-state index < -0.39 is 11.4 Å². The van der Waals surface area contributed by atoms with Crippen LogP contribution in [0.25, 0.3) is 0 Å². The summed E-state index contributed by atoms with van der Waals surface area (Å²) in [5, 5.41) is 8.82. The molecule has 0 amide bonds. The molecule has 0 aliphatic carbocycles. The van der Waals surface area contributed by atoms with E-state index in [0.717, 1.165) is 0 Å². The molecule has 4 nitrogen and oxygen atoms in total. The van der Waals surface area contributed by atoms with Crippen LogP contribution in [0.4, 0.5) is 0 Å². The van der Waals surface area contributed by atoms with Crippen LogP contribution in [0.2, 0.25) is 0 Å². The quantitative estimate of drug-likeness (QED) is 0.692. The smallest absolute Gasteiger partial charge is 0.311 e. The van der Waals surface area contributed by atoms with Gasteiger partial charge >= 0.3 is 5.97 Å². The molecular formula is C11H22O4. The van der Waals surface area contributed by atoms with Crippen molar-refractivity contribution in [2.75, 3.05) is 19.8 Å². The molecule has 0 fully saturated rings. The molecule has 0 spiro atoms. The highest BCUT2D eigenvalue weighted by molar-refractivity contribution is 5.73. The van der Waals surface area contributed by atoms with E-state index in [0.29, 0.717) is 13.2 Å². The van der Waals surface area contributed by atoms with Gasteiger partial charge in [0.15, 0.2) is 0 Å². The van der Waals surface area contributed by atoms with Crippen molar-refractivity contribution in [1.82, 2.24) is 0 Å². The summed E-state index contributed by atoms with van der Waals surface area (Å²) >= 11 is 0. The van der Waals surface area contributed by atoms with Crippen LogP contribution in [0.15, 0.2) is 0 Å². The predicted octanol–water partition coefficient (Wildman–Crippen LogP) is 1.93. The zero-order valence-corrected chi connectivity index (χ0v) is 10.3. The third-order valence-electron chi connectivity index (χ3n) is 1.80. The van der Waals surface area contributed by atoms with E-state index in [9.17, 15) is 4.79 Å². The van der Waals surface area contributed by atoms with Crippen LogP contribution in [0.1, 0.15) is 34.6 Å². The van der Waals surface area contributed by atoms with Gasteiger partial charge in [-0.05, 0) is 34.6 Å². The Balaban J connectivity index is 3.60. The van der Waals surface area contributed by atoms with E-state index in [1.165, 1.54) is 0 Å². The standard InChI is InChI=1S/C11H22O4/c1-10(2,3)15-7-6-14-8-11(4,5)9(12)13/h6-8H2,1-5H3,(H,12,13). The Labute approximate surface area is 91.6 Å². The molecule has 0 aromatic rings. The normalized spacial score (nSPS) is 12.9. The topological polar surface area (TPSA) is 55.8 Å². The Morgan fingerprint density at radius 3 is 2.07 bits per heavy atom. The van der Waals surface area contributed by atoms with E-state index in [1.807, 2.05) is 20.8 Å². The van der Waals surface area contributed by atoms with Crippen molar-refractivity contribution in [3.63, 3.8) is 0 Å². The summed E-state index contributed by atoms with van der Waals surface area (Å²) < 4.78 is 10.7. The number of carboxylic acids is 1. The van der Waals surface area contributed by atoms with Gasteiger partial charge in [-0.2, -0.15) is 0 Å². The van der Waals surface area contributed by atoms with Crippen molar-refractivity contribution in [3.05, 3.63) is 0 Å². The van der Waals surface area contributed by atoms with E-state index in [-0.39, 0.29) is 12.2 Å². The second-order valence-corrected chi connectivity index (χ2v) is 5.20. The first-order valence-corrected chi connectivity index (χ1v) is 5.10. The van der Waals surface area contributed by atoms with Gasteiger partial charge in [0.2, 0.25) is 0 Å². The number of ether oxygens (including phenoxy) is 2. The summed E-state index contributed by atoms with van der Waals surface area (Å²) in [6, 6.07) is 0. The second-order valence-electron chi connectivity index (χ2n) is 5.20. The summed E-state index contributed by atoms with van der Waals surface area (Å²) in [5.74, 6) is -0.848. The van der Waals surface area contributed by atoms with Crippen molar-refractivity contribution >= 4 is 5.97 Å². The molecule has 0 saturated heterocycles. The molecule has 0 aromatic heterocycles. The largest absolute Gasteiger partial charge is 0.481 e. The lowest BCUT2D eigenvalue weighted by Crippen LogP contribution is -2.30. The van der Waals surface area contributed by atoms with Crippen LogP contribution in [-0.2, 0) is 14.3 Å². The van der Waals surface area contributed by atoms with Crippen molar-refractivity contribution in [2.24, 2.45) is 5.41 Å². The number of aliphatic carboxylic acids is 1. The lowest BCUT2D eigenvalue weighted by atomic mass is 9.95. The molecule has 0 atom stereocenters. The van der Waals surface area contributed by atoms with Crippen LogP contribution in [0, 0.1) is 5.41 Å². The molecule has 90 valence electrons. The Hall–Kier alpha value is -0.610. The van der Waals surface area contributed by atoms with Gasteiger partial charge in [-0.15, -0.1) is 0 Å². The highest BCUT2D eigenvalue weighted by Crippen LogP contribution is 2.15. The Bertz CT molecular complexity index is 203. The molecule has 0 aliphatic rings. The van der Waals surface area contributed by atoms with Crippen molar-refractivity contribution in [1.29, 1.82) is 0 Å². The highest BCUT2D eigenvalue weighted by Gasteiger charge is 2.27. The van der Waals surface area contributed by atoms with E-state index in [4.69, 9.17) is 14.6 Å². The minimum Gasteiger partial charge on any atom is -0.481 e. The predicted molar refractivity (Wildman–Crippen MR) is 57.9 cm³/mol. The van der Waals surface area contributed by atoms with E-state index in [2.05, 4.69) is 0 Å². The fraction of sp³-hybridized carbons (Fsp3) is 0.909. The first-order chi connectivity index (χ1) is 6.65. The van der Waals surface area contributed by atoms with Crippen LogP contribution in [-0.4, -0.2) is 36.5 Å². The molecule has 15 heavy (non-hydrogen) atoms. The molecule has 0 radical (unpaired) electrons. The lowest BCUT2D eigenvalue weighted by Gasteiger charge is -2.21. The number of hydrogen-bond donors (Lipinski definition) is 1. The summed E-state index contributed by atoms with van der Waals surface area (Å²) in [6.07, 6.45) is 0. The van der Waals surface area contributed by atoms with Gasteiger partial charge in [-0.1, -0.05) is 0 Å². The number of rotatable bonds is 6. The van der Waals surface area contributed by atoms with E-state index >= 15 is 0 Å². The third kappa shape index (κ3) is 7.33. The summed E-state index contributed by atoms with van der Waals surface area (Å²) in [7, 11) is 0. The maximum atomic E-state index is 10.7. The average molecular weight is 218 g/mol. The minimum atomic E-state index is -0.848. The maximum Gasteiger partial charge on any atom is 0.311 e. The molecule has 0 aliphatic heterocycles. The summed E-state index contributed by atoms with van der Waals surface area (Å²) in [6.45, 7) is 10.3. The second kappa shape index (κ2) is 5.47. The number of hydrogen-bond acceptors (Lipinski definition) is 3. The first-order valence-electron chi connectivity index (χ1n) is 5.10. The van der Waals surface area contributed by atoms with Gasteiger partial charge in [0, 0.05) is 0 Å². The molecule has 4 heteroatoms. The molecule has 0 unspecified atom stereocenters. The highest BCUT2D eigenvalue weighted by atomic mass is 16.5. The first kappa shape index (κ1) is 14.4. The third-order valence-corrected chi connectivity index (χ3v) is 1.80. The molecule has 0 bridgehead atoms. The Kier molecular flexibility index (Phi) is 5.24. The molecular weight excluding hydrogens is 196 g/mol. The minimum absolute atomic E-state index is 0.175. The van der Waals surface area contributed by atoms with Crippen LogP contribution >= 0.6 is 0 Å². The van der Waals surface area contributed by atoms with E-state index in [1.54, 1.807) is 13.8 Å². The fourth-order valence-electron chi connectivity index (χ4n) is 0.796. The zero-order chi connectivity index (χ0) is 12.1. The van der Waals surface area contributed by atoms with Crippen molar-refractivity contribution in [3.8, 4) is 0 Å². The molecule has 0 heterocycles. The Morgan fingerprint density at radius 1 is 1.13 bits per heavy atom. The maximum absolute atomic E-state index is 10.7. The molecule has 0 rings (SSSR count). The van der Waals surface area contributed by atoms with Crippen LogP contribution < -0.4 is 0 Å². The Morgan fingerprint density at radius 2 is 1.67 bits per heavy atom. The SMILES string of the molecule is CC(C)(C)OCCOCC(C)(C)C(=O)O.